The molecule has 5 nitrogen and oxygen atoms in total. The van der Waals surface area contributed by atoms with Gasteiger partial charge in [0.2, 0.25) is 12.7 Å². The van der Waals surface area contributed by atoms with E-state index in [1.165, 1.54) is 0 Å². The minimum Gasteiger partial charge on any atom is -0.454 e. The van der Waals surface area contributed by atoms with E-state index >= 15 is 0 Å². The van der Waals surface area contributed by atoms with Gasteiger partial charge in [-0.05, 0) is 36.6 Å². The summed E-state index contributed by atoms with van der Waals surface area (Å²) >= 11 is 0. The molecule has 2 aromatic carbocycles. The maximum Gasteiger partial charge on any atom is 0.231 e. The highest BCUT2D eigenvalue weighted by molar-refractivity contribution is 5.78. The van der Waals surface area contributed by atoms with Gasteiger partial charge in [-0.3, -0.25) is 4.79 Å². The van der Waals surface area contributed by atoms with Crippen molar-refractivity contribution in [1.29, 1.82) is 0 Å². The van der Waals surface area contributed by atoms with Crippen molar-refractivity contribution in [2.75, 3.05) is 13.3 Å². The Hall–Kier alpha value is -2.53. The highest BCUT2D eigenvalue weighted by atomic mass is 16.7. The van der Waals surface area contributed by atoms with E-state index in [0.717, 1.165) is 16.7 Å². The molecule has 3 rings (SSSR count). The normalized spacial score (nSPS) is 13.6. The first kappa shape index (κ1) is 16.3. The fourth-order valence-electron chi connectivity index (χ4n) is 2.71. The van der Waals surface area contributed by atoms with E-state index in [1.807, 2.05) is 37.3 Å². The molecule has 1 atom stereocenters. The molecule has 1 amide bonds. The fourth-order valence-corrected chi connectivity index (χ4v) is 2.71. The smallest absolute Gasteiger partial charge is 0.231 e. The Balaban J connectivity index is 1.46. The van der Waals surface area contributed by atoms with Gasteiger partial charge in [-0.15, -0.1) is 0 Å². The Morgan fingerprint density at radius 2 is 2.04 bits per heavy atom. The first-order valence-electron chi connectivity index (χ1n) is 8.01. The fraction of sp³-hybridized carbons (Fsp3) is 0.316. The number of carbonyl (C=O) groups excluding carboxylic acids is 1. The van der Waals surface area contributed by atoms with Crippen LogP contribution >= 0.6 is 0 Å². The number of fused-ring (bicyclic) bond motifs is 1. The van der Waals surface area contributed by atoms with Crippen molar-refractivity contribution in [3.8, 4) is 11.5 Å². The van der Waals surface area contributed by atoms with Crippen molar-refractivity contribution < 1.29 is 19.4 Å². The van der Waals surface area contributed by atoms with E-state index in [2.05, 4.69) is 5.32 Å². The summed E-state index contributed by atoms with van der Waals surface area (Å²) in [5.74, 6) is 1.30. The number of rotatable bonds is 6. The predicted octanol–water partition coefficient (Wildman–Crippen LogP) is 2.51. The Morgan fingerprint density at radius 3 is 2.88 bits per heavy atom. The molecule has 126 valence electrons. The van der Waals surface area contributed by atoms with E-state index in [4.69, 9.17) is 9.47 Å². The second-order valence-electron chi connectivity index (χ2n) is 5.93. The molecule has 1 aliphatic rings. The average molecular weight is 327 g/mol. The van der Waals surface area contributed by atoms with E-state index in [-0.39, 0.29) is 12.7 Å². The summed E-state index contributed by atoms with van der Waals surface area (Å²) in [5, 5.41) is 13.1. The molecule has 1 heterocycles. The van der Waals surface area contributed by atoms with Gasteiger partial charge in [0.25, 0.3) is 0 Å². The predicted molar refractivity (Wildman–Crippen MR) is 90.0 cm³/mol. The Kier molecular flexibility index (Phi) is 5.01. The minimum absolute atomic E-state index is 0.0431. The summed E-state index contributed by atoms with van der Waals surface area (Å²) in [4.78, 5) is 12.0. The van der Waals surface area contributed by atoms with E-state index in [1.54, 1.807) is 12.1 Å². The summed E-state index contributed by atoms with van der Waals surface area (Å²) in [7, 11) is 0. The van der Waals surface area contributed by atoms with Crippen molar-refractivity contribution in [2.24, 2.45) is 0 Å². The quantitative estimate of drug-likeness (QED) is 0.855. The molecule has 0 aromatic heterocycles. The van der Waals surface area contributed by atoms with Gasteiger partial charge in [0.15, 0.2) is 11.5 Å². The maximum absolute atomic E-state index is 12.0. The zero-order valence-corrected chi connectivity index (χ0v) is 13.6. The molecular formula is C19H21NO4. The largest absolute Gasteiger partial charge is 0.454 e. The molecule has 0 spiro atoms. The second-order valence-corrected chi connectivity index (χ2v) is 5.93. The summed E-state index contributed by atoms with van der Waals surface area (Å²) in [6.07, 6.45) is 0.139. The molecule has 24 heavy (non-hydrogen) atoms. The third kappa shape index (κ3) is 4.06. The van der Waals surface area contributed by atoms with Crippen molar-refractivity contribution in [1.82, 2.24) is 5.32 Å². The number of amides is 1. The zero-order chi connectivity index (χ0) is 16.9. The summed E-state index contributed by atoms with van der Waals surface area (Å²) in [6.45, 7) is 2.63. The second kappa shape index (κ2) is 7.36. The first-order chi connectivity index (χ1) is 11.6. The number of nitrogens with one attached hydrogen (secondary N) is 1. The molecule has 0 radical (unpaired) electrons. The number of hydrogen-bond acceptors (Lipinski definition) is 4. The molecule has 0 aliphatic carbocycles. The van der Waals surface area contributed by atoms with Crippen LogP contribution < -0.4 is 14.8 Å². The lowest BCUT2D eigenvalue weighted by molar-refractivity contribution is -0.120. The average Bonchev–Trinajstić information content (AvgIpc) is 3.02. The monoisotopic (exact) mass is 327 g/mol. The zero-order valence-electron chi connectivity index (χ0n) is 13.6. The van der Waals surface area contributed by atoms with E-state index in [0.29, 0.717) is 30.9 Å². The van der Waals surface area contributed by atoms with Gasteiger partial charge in [0.1, 0.15) is 0 Å². The van der Waals surface area contributed by atoms with Crippen LogP contribution in [0.2, 0.25) is 0 Å². The third-order valence-electron chi connectivity index (χ3n) is 3.97. The van der Waals surface area contributed by atoms with Gasteiger partial charge in [-0.25, -0.2) is 0 Å². The molecule has 0 bridgehead atoms. The van der Waals surface area contributed by atoms with Crippen molar-refractivity contribution in [2.45, 2.75) is 25.9 Å². The van der Waals surface area contributed by atoms with Gasteiger partial charge in [-0.2, -0.15) is 0 Å². The molecule has 0 saturated heterocycles. The highest BCUT2D eigenvalue weighted by Crippen LogP contribution is 2.34. The molecule has 0 fully saturated rings. The minimum atomic E-state index is -0.654. The van der Waals surface area contributed by atoms with Crippen LogP contribution in [0.5, 0.6) is 11.5 Å². The summed E-state index contributed by atoms with van der Waals surface area (Å²) < 4.78 is 10.6. The van der Waals surface area contributed by atoms with Gasteiger partial charge in [-0.1, -0.05) is 35.9 Å². The maximum atomic E-state index is 12.0. The standard InChI is InChI=1S/C19H21NO4/c1-13-3-2-4-14(9-13)10-19(22)20-8-7-16(21)15-5-6-17-18(11-15)24-12-23-17/h2-6,9,11,16,21H,7-8,10,12H2,1H3,(H,20,22). The van der Waals surface area contributed by atoms with E-state index in [9.17, 15) is 9.90 Å². The lowest BCUT2D eigenvalue weighted by Gasteiger charge is -2.12. The van der Waals surface area contributed by atoms with Crippen LogP contribution in [0.1, 0.15) is 29.2 Å². The number of aliphatic hydroxyl groups excluding tert-OH is 1. The van der Waals surface area contributed by atoms with Gasteiger partial charge in [0.05, 0.1) is 12.5 Å². The van der Waals surface area contributed by atoms with Crippen molar-refractivity contribution in [3.63, 3.8) is 0 Å². The van der Waals surface area contributed by atoms with Crippen LogP contribution in [0.4, 0.5) is 0 Å². The van der Waals surface area contributed by atoms with Gasteiger partial charge >= 0.3 is 0 Å². The number of ether oxygens (including phenoxy) is 2. The van der Waals surface area contributed by atoms with Crippen LogP contribution in [0, 0.1) is 6.92 Å². The first-order valence-corrected chi connectivity index (χ1v) is 8.01. The van der Waals surface area contributed by atoms with Crippen LogP contribution in [0.15, 0.2) is 42.5 Å². The molecule has 2 N–H and O–H groups in total. The number of hydrogen-bond donors (Lipinski definition) is 2. The molecule has 1 aliphatic heterocycles. The number of aliphatic hydroxyl groups is 1. The lowest BCUT2D eigenvalue weighted by atomic mass is 10.1. The highest BCUT2D eigenvalue weighted by Gasteiger charge is 2.16. The Bertz CT molecular complexity index is 729. The Labute approximate surface area is 141 Å². The molecule has 0 saturated carbocycles. The molecule has 5 heteroatoms. The van der Waals surface area contributed by atoms with E-state index < -0.39 is 6.10 Å². The summed E-state index contributed by atoms with van der Waals surface area (Å²) in [5.41, 5.74) is 2.88. The SMILES string of the molecule is Cc1cccc(CC(=O)NCCC(O)c2ccc3c(c2)OCO3)c1. The lowest BCUT2D eigenvalue weighted by Crippen LogP contribution is -2.27. The number of benzene rings is 2. The number of aryl methyl sites for hydroxylation is 1. The van der Waals surface area contributed by atoms with Gasteiger partial charge in [0, 0.05) is 6.54 Å². The summed E-state index contributed by atoms with van der Waals surface area (Å²) in [6, 6.07) is 13.3. The molecular weight excluding hydrogens is 306 g/mol. The van der Waals surface area contributed by atoms with Crippen LogP contribution in [0.25, 0.3) is 0 Å². The number of carbonyl (C=O) groups is 1. The topological polar surface area (TPSA) is 67.8 Å². The molecule has 1 unspecified atom stereocenters. The van der Waals surface area contributed by atoms with Crippen molar-refractivity contribution >= 4 is 5.91 Å². The third-order valence-corrected chi connectivity index (χ3v) is 3.97. The van der Waals surface area contributed by atoms with Gasteiger partial charge < -0.3 is 19.9 Å². The van der Waals surface area contributed by atoms with Crippen LogP contribution in [-0.4, -0.2) is 24.4 Å². The van der Waals surface area contributed by atoms with Crippen molar-refractivity contribution in [3.05, 3.63) is 59.2 Å². The van der Waals surface area contributed by atoms with Crippen LogP contribution in [0.3, 0.4) is 0 Å². The Morgan fingerprint density at radius 1 is 1.21 bits per heavy atom. The van der Waals surface area contributed by atoms with Crippen LogP contribution in [-0.2, 0) is 11.2 Å². The molecule has 2 aromatic rings.